The lowest BCUT2D eigenvalue weighted by atomic mass is 9.89. The van der Waals surface area contributed by atoms with Gasteiger partial charge in [-0.25, -0.2) is 0 Å². The van der Waals surface area contributed by atoms with Gasteiger partial charge < -0.3 is 14.2 Å². The van der Waals surface area contributed by atoms with Gasteiger partial charge in [0.2, 0.25) is 0 Å². The molecule has 0 N–H and O–H groups in total. The molecule has 180 valence electrons. The molecule has 0 saturated carbocycles. The number of methoxy groups -OCH3 is 1. The second-order valence-corrected chi connectivity index (χ2v) is 10.5. The summed E-state index contributed by atoms with van der Waals surface area (Å²) in [6.07, 6.45) is 0.963. The molecular weight excluding hydrogens is 532 g/mol. The van der Waals surface area contributed by atoms with Gasteiger partial charge >= 0.3 is 0 Å². The van der Waals surface area contributed by atoms with Gasteiger partial charge in [-0.1, -0.05) is 70.0 Å². The van der Waals surface area contributed by atoms with Gasteiger partial charge in [-0.05, 0) is 65.7 Å². The fourth-order valence-electron chi connectivity index (χ4n) is 5.48. The first kappa shape index (κ1) is 23.2. The number of hydrogen-bond acceptors (Lipinski definition) is 2. The first-order valence-electron chi connectivity index (χ1n) is 12.1. The number of anilines is 1. The maximum absolute atomic E-state index is 6.31. The average molecular weight is 558 g/mol. The van der Waals surface area contributed by atoms with Crippen LogP contribution in [0.5, 0.6) is 5.75 Å². The van der Waals surface area contributed by atoms with Crippen LogP contribution in [0.4, 0.5) is 5.69 Å². The first-order valence-corrected chi connectivity index (χ1v) is 13.3. The minimum absolute atomic E-state index is 0.0632. The molecule has 1 unspecified atom stereocenters. The van der Waals surface area contributed by atoms with Crippen LogP contribution in [0.2, 0.25) is 5.02 Å². The molecule has 0 aliphatic carbocycles. The van der Waals surface area contributed by atoms with Crippen molar-refractivity contribution in [1.82, 2.24) is 4.57 Å². The van der Waals surface area contributed by atoms with E-state index in [0.29, 0.717) is 0 Å². The number of nitrogens with zero attached hydrogens (tertiary/aromatic N) is 2. The summed E-state index contributed by atoms with van der Waals surface area (Å²) in [5.41, 5.74) is 7.75. The van der Waals surface area contributed by atoms with Crippen molar-refractivity contribution in [3.05, 3.63) is 129 Å². The van der Waals surface area contributed by atoms with Crippen molar-refractivity contribution in [1.29, 1.82) is 0 Å². The van der Waals surface area contributed by atoms with Crippen molar-refractivity contribution in [2.75, 3.05) is 18.6 Å². The molecular formula is C31H26BrClN2O. The van der Waals surface area contributed by atoms with E-state index in [-0.39, 0.29) is 6.04 Å². The smallest absolute Gasteiger partial charge is 0.119 e. The lowest BCUT2D eigenvalue weighted by Crippen LogP contribution is -2.36. The van der Waals surface area contributed by atoms with Crippen LogP contribution in [0.15, 0.2) is 102 Å². The Labute approximate surface area is 225 Å². The molecule has 6 rings (SSSR count). The molecule has 0 spiro atoms. The van der Waals surface area contributed by atoms with Crippen molar-refractivity contribution in [3.63, 3.8) is 0 Å². The third-order valence-corrected chi connectivity index (χ3v) is 7.87. The summed E-state index contributed by atoms with van der Waals surface area (Å²) in [6, 6.07) is 34.2. The number of hydrogen-bond donors (Lipinski definition) is 0. The maximum atomic E-state index is 6.31. The van der Waals surface area contributed by atoms with Crippen molar-refractivity contribution in [2.24, 2.45) is 0 Å². The molecule has 5 aromatic rings. The number of fused-ring (bicyclic) bond motifs is 3. The van der Waals surface area contributed by atoms with Crippen molar-refractivity contribution >= 4 is 44.1 Å². The topological polar surface area (TPSA) is 17.4 Å². The van der Waals surface area contributed by atoms with Crippen LogP contribution in [0, 0.1) is 0 Å². The Balaban J connectivity index is 1.57. The molecule has 0 saturated heterocycles. The standard InChI is InChI=1S/C31H26BrClN2O/c1-36-26-14-12-25(13-15-26)34-18-17-29-30(31(34)22-7-10-24(33)11-8-22)27-19-23(32)9-16-28(27)35(29)20-21-5-3-2-4-6-21/h2-16,19,31H,17-18,20H2,1H3. The largest absolute Gasteiger partial charge is 0.497 e. The SMILES string of the molecule is COc1ccc(N2CCc3c(c4cc(Br)ccc4n3Cc3ccccc3)C2c2ccc(Cl)cc2)cc1. The third kappa shape index (κ3) is 4.19. The Morgan fingerprint density at radius 3 is 2.39 bits per heavy atom. The fraction of sp³-hybridized carbons (Fsp3) is 0.161. The van der Waals surface area contributed by atoms with Crippen LogP contribution in [-0.2, 0) is 13.0 Å². The second kappa shape index (κ2) is 9.68. The Morgan fingerprint density at radius 2 is 1.67 bits per heavy atom. The third-order valence-electron chi connectivity index (χ3n) is 7.12. The van der Waals surface area contributed by atoms with Crippen molar-refractivity contribution < 1.29 is 4.74 Å². The molecule has 1 aliphatic heterocycles. The molecule has 0 amide bonds. The molecule has 4 aromatic carbocycles. The van der Waals surface area contributed by atoms with E-state index < -0.39 is 0 Å². The molecule has 1 aliphatic rings. The first-order chi connectivity index (χ1) is 17.6. The molecule has 2 heterocycles. The second-order valence-electron chi connectivity index (χ2n) is 9.19. The Morgan fingerprint density at radius 1 is 0.917 bits per heavy atom. The van der Waals surface area contributed by atoms with Gasteiger partial charge in [0.15, 0.2) is 0 Å². The average Bonchev–Trinajstić information content (AvgIpc) is 3.22. The highest BCUT2D eigenvalue weighted by Crippen LogP contribution is 2.44. The van der Waals surface area contributed by atoms with E-state index in [9.17, 15) is 0 Å². The predicted octanol–water partition coefficient (Wildman–Crippen LogP) is 8.27. The van der Waals surface area contributed by atoms with Crippen LogP contribution in [-0.4, -0.2) is 18.2 Å². The predicted molar refractivity (Wildman–Crippen MR) is 153 cm³/mol. The van der Waals surface area contributed by atoms with Crippen molar-refractivity contribution in [2.45, 2.75) is 19.0 Å². The number of halogens is 2. The summed E-state index contributed by atoms with van der Waals surface area (Å²) in [7, 11) is 1.71. The lowest BCUT2D eigenvalue weighted by Gasteiger charge is -2.39. The lowest BCUT2D eigenvalue weighted by molar-refractivity contribution is 0.414. The van der Waals surface area contributed by atoms with Gasteiger partial charge in [0.05, 0.1) is 13.2 Å². The van der Waals surface area contributed by atoms with E-state index in [0.717, 1.165) is 34.8 Å². The highest BCUT2D eigenvalue weighted by molar-refractivity contribution is 9.10. The zero-order valence-electron chi connectivity index (χ0n) is 20.0. The van der Waals surface area contributed by atoms with Gasteiger partial charge in [0.25, 0.3) is 0 Å². The summed E-state index contributed by atoms with van der Waals surface area (Å²) >= 11 is 10.1. The van der Waals surface area contributed by atoms with Crippen LogP contribution in [0.25, 0.3) is 10.9 Å². The van der Waals surface area contributed by atoms with Gasteiger partial charge in [0, 0.05) is 56.9 Å². The molecule has 3 nitrogen and oxygen atoms in total. The summed E-state index contributed by atoms with van der Waals surface area (Å²) in [4.78, 5) is 2.51. The summed E-state index contributed by atoms with van der Waals surface area (Å²) < 4.78 is 9.03. The zero-order valence-corrected chi connectivity index (χ0v) is 22.3. The normalized spacial score (nSPS) is 15.2. The van der Waals surface area contributed by atoms with E-state index in [1.54, 1.807) is 7.11 Å². The maximum Gasteiger partial charge on any atom is 0.119 e. The fourth-order valence-corrected chi connectivity index (χ4v) is 5.97. The molecule has 36 heavy (non-hydrogen) atoms. The molecule has 5 heteroatoms. The monoisotopic (exact) mass is 556 g/mol. The van der Waals surface area contributed by atoms with E-state index in [1.165, 1.54) is 39.0 Å². The van der Waals surface area contributed by atoms with Crippen LogP contribution in [0.3, 0.4) is 0 Å². The van der Waals surface area contributed by atoms with E-state index in [1.807, 2.05) is 24.3 Å². The van der Waals surface area contributed by atoms with E-state index >= 15 is 0 Å². The summed E-state index contributed by atoms with van der Waals surface area (Å²) in [6.45, 7) is 1.77. The molecule has 1 atom stereocenters. The quantitative estimate of drug-likeness (QED) is 0.216. The summed E-state index contributed by atoms with van der Waals surface area (Å²) in [5.74, 6) is 0.864. The minimum atomic E-state index is 0.0632. The number of benzene rings is 4. The molecule has 0 fully saturated rings. The summed E-state index contributed by atoms with van der Waals surface area (Å²) in [5, 5.41) is 2.04. The van der Waals surface area contributed by atoms with Crippen LogP contribution in [0.1, 0.15) is 28.4 Å². The Kier molecular flexibility index (Phi) is 6.24. The van der Waals surface area contributed by atoms with Crippen LogP contribution >= 0.6 is 27.5 Å². The van der Waals surface area contributed by atoms with Gasteiger partial charge in [0.1, 0.15) is 5.75 Å². The van der Waals surface area contributed by atoms with Gasteiger partial charge in [-0.3, -0.25) is 0 Å². The molecule has 0 bridgehead atoms. The van der Waals surface area contributed by atoms with Crippen LogP contribution < -0.4 is 9.64 Å². The number of aromatic nitrogens is 1. The number of ether oxygens (including phenoxy) is 1. The van der Waals surface area contributed by atoms with Crippen molar-refractivity contribution in [3.8, 4) is 5.75 Å². The van der Waals surface area contributed by atoms with E-state index in [4.69, 9.17) is 16.3 Å². The zero-order chi connectivity index (χ0) is 24.6. The van der Waals surface area contributed by atoms with E-state index in [2.05, 4.69) is 98.2 Å². The Hall–Kier alpha value is -3.21. The minimum Gasteiger partial charge on any atom is -0.497 e. The molecule has 0 radical (unpaired) electrons. The highest BCUT2D eigenvalue weighted by Gasteiger charge is 2.34. The van der Waals surface area contributed by atoms with Gasteiger partial charge in [-0.15, -0.1) is 0 Å². The van der Waals surface area contributed by atoms with Gasteiger partial charge in [-0.2, -0.15) is 0 Å². The highest BCUT2D eigenvalue weighted by atomic mass is 79.9. The number of rotatable bonds is 5. The molecule has 1 aromatic heterocycles. The Bertz CT molecular complexity index is 1510.